The van der Waals surface area contributed by atoms with E-state index in [1.54, 1.807) is 12.1 Å². The van der Waals surface area contributed by atoms with E-state index in [0.717, 1.165) is 24.1 Å². The molecule has 2 N–H and O–H groups in total. The van der Waals surface area contributed by atoms with Gasteiger partial charge < -0.3 is 14.8 Å². The summed E-state index contributed by atoms with van der Waals surface area (Å²) in [6.07, 6.45) is 2.24. The van der Waals surface area contributed by atoms with Crippen molar-refractivity contribution in [2.45, 2.75) is 25.3 Å². The number of hydrogen-bond donors (Lipinski definition) is 2. The second kappa shape index (κ2) is 7.08. The highest BCUT2D eigenvalue weighted by Gasteiger charge is 2.25. The minimum Gasteiger partial charge on any atom is -0.454 e. The molecule has 9 nitrogen and oxygen atoms in total. The highest BCUT2D eigenvalue weighted by Crippen LogP contribution is 2.38. The van der Waals surface area contributed by atoms with E-state index in [9.17, 15) is 9.59 Å². The van der Waals surface area contributed by atoms with Crippen LogP contribution in [0.1, 0.15) is 34.9 Å². The minimum atomic E-state index is -0.295. The summed E-state index contributed by atoms with van der Waals surface area (Å²) in [7, 11) is 0. The summed E-state index contributed by atoms with van der Waals surface area (Å²) in [6.45, 7) is 0.807. The summed E-state index contributed by atoms with van der Waals surface area (Å²) in [6, 6.07) is 10.5. The van der Waals surface area contributed by atoms with Gasteiger partial charge in [0.2, 0.25) is 6.79 Å². The summed E-state index contributed by atoms with van der Waals surface area (Å²) in [5.41, 5.74) is 2.55. The van der Waals surface area contributed by atoms with Crippen molar-refractivity contribution in [3.05, 3.63) is 58.1 Å². The molecular formula is C20H19N5O4. The van der Waals surface area contributed by atoms with E-state index in [1.165, 1.54) is 10.7 Å². The van der Waals surface area contributed by atoms with Gasteiger partial charge in [0.25, 0.3) is 11.5 Å². The van der Waals surface area contributed by atoms with Gasteiger partial charge in [0.15, 0.2) is 11.5 Å². The van der Waals surface area contributed by atoms with Crippen molar-refractivity contribution in [3.63, 3.8) is 0 Å². The fourth-order valence-electron chi connectivity index (χ4n) is 3.23. The number of carbonyl (C=O) groups is 1. The van der Waals surface area contributed by atoms with Crippen molar-refractivity contribution in [3.8, 4) is 22.8 Å². The zero-order valence-corrected chi connectivity index (χ0v) is 15.6. The summed E-state index contributed by atoms with van der Waals surface area (Å²) in [5, 5.41) is 14.1. The molecular weight excluding hydrogens is 374 g/mol. The first-order valence-corrected chi connectivity index (χ1v) is 9.49. The fourth-order valence-corrected chi connectivity index (χ4v) is 3.23. The van der Waals surface area contributed by atoms with Crippen molar-refractivity contribution < 1.29 is 14.3 Å². The van der Waals surface area contributed by atoms with E-state index < -0.39 is 0 Å². The van der Waals surface area contributed by atoms with Gasteiger partial charge in [-0.05, 0) is 43.2 Å². The number of aromatic nitrogens is 4. The van der Waals surface area contributed by atoms with Crippen LogP contribution >= 0.6 is 0 Å². The highest BCUT2D eigenvalue weighted by molar-refractivity contribution is 5.93. The average Bonchev–Trinajstić information content (AvgIpc) is 3.26. The third-order valence-electron chi connectivity index (χ3n) is 4.98. The Morgan fingerprint density at radius 2 is 2.03 bits per heavy atom. The van der Waals surface area contributed by atoms with Gasteiger partial charge in [-0.1, -0.05) is 0 Å². The molecule has 0 saturated heterocycles. The zero-order chi connectivity index (χ0) is 19.8. The summed E-state index contributed by atoms with van der Waals surface area (Å²) >= 11 is 0. The van der Waals surface area contributed by atoms with Gasteiger partial charge >= 0.3 is 0 Å². The minimum absolute atomic E-state index is 0.171. The molecule has 1 aliphatic carbocycles. The fraction of sp³-hybridized carbons (Fsp3) is 0.300. The lowest BCUT2D eigenvalue weighted by molar-refractivity contribution is 0.0946. The lowest BCUT2D eigenvalue weighted by atomic mass is 10.1. The molecule has 0 bridgehead atoms. The molecule has 1 amide bonds. The monoisotopic (exact) mass is 393 g/mol. The molecule has 2 aliphatic rings. The molecule has 1 aromatic carbocycles. The zero-order valence-electron chi connectivity index (χ0n) is 15.6. The van der Waals surface area contributed by atoms with Crippen LogP contribution in [0, 0.1) is 0 Å². The van der Waals surface area contributed by atoms with Gasteiger partial charge in [0.05, 0.1) is 17.9 Å². The predicted octanol–water partition coefficient (Wildman–Crippen LogP) is 1.67. The third-order valence-corrected chi connectivity index (χ3v) is 4.98. The second-order valence-corrected chi connectivity index (χ2v) is 7.08. The molecule has 29 heavy (non-hydrogen) atoms. The molecule has 2 aromatic heterocycles. The molecule has 3 aromatic rings. The molecule has 0 unspecified atom stereocenters. The maximum absolute atomic E-state index is 12.4. The van der Waals surface area contributed by atoms with Gasteiger partial charge in [-0.3, -0.25) is 14.7 Å². The third kappa shape index (κ3) is 3.58. The molecule has 1 fully saturated rings. The Kier molecular flexibility index (Phi) is 4.27. The Morgan fingerprint density at radius 1 is 1.17 bits per heavy atom. The number of ether oxygens (including phenoxy) is 2. The van der Waals surface area contributed by atoms with E-state index in [2.05, 4.69) is 20.6 Å². The topological polar surface area (TPSA) is 111 Å². The lowest BCUT2D eigenvalue weighted by Crippen LogP contribution is -2.32. The summed E-state index contributed by atoms with van der Waals surface area (Å²) in [5.74, 6) is 1.52. The number of amides is 1. The molecule has 0 radical (unpaired) electrons. The van der Waals surface area contributed by atoms with E-state index in [-0.39, 0.29) is 24.8 Å². The number of benzene rings is 1. The number of fused-ring (bicyclic) bond motifs is 1. The SMILES string of the molecule is O=C(NCCn1nc(C2CC2)ccc1=O)c1cc(-c2ccc3c(c2)OCO3)n[nH]1. The van der Waals surface area contributed by atoms with Crippen LogP contribution in [0.4, 0.5) is 0 Å². The van der Waals surface area contributed by atoms with Crippen LogP contribution in [0.2, 0.25) is 0 Å². The van der Waals surface area contributed by atoms with Crippen LogP contribution in [0.3, 0.4) is 0 Å². The number of carbonyl (C=O) groups excluding carboxylic acids is 1. The maximum Gasteiger partial charge on any atom is 0.269 e. The number of aromatic amines is 1. The first-order chi connectivity index (χ1) is 14.2. The Morgan fingerprint density at radius 3 is 2.90 bits per heavy atom. The Balaban J connectivity index is 1.22. The molecule has 5 rings (SSSR count). The Hall–Kier alpha value is -3.62. The van der Waals surface area contributed by atoms with Crippen LogP contribution in [-0.4, -0.2) is 39.2 Å². The first-order valence-electron chi connectivity index (χ1n) is 9.49. The first kappa shape index (κ1) is 17.5. The van der Waals surface area contributed by atoms with Crippen molar-refractivity contribution in [2.75, 3.05) is 13.3 Å². The van der Waals surface area contributed by atoms with Crippen LogP contribution in [0.15, 0.2) is 41.2 Å². The molecule has 9 heteroatoms. The smallest absolute Gasteiger partial charge is 0.269 e. The number of hydrogen-bond acceptors (Lipinski definition) is 6. The molecule has 1 aliphatic heterocycles. The van der Waals surface area contributed by atoms with Gasteiger partial charge in [-0.25, -0.2) is 4.68 Å². The van der Waals surface area contributed by atoms with Crippen molar-refractivity contribution >= 4 is 5.91 Å². The van der Waals surface area contributed by atoms with Gasteiger partial charge in [-0.2, -0.15) is 10.2 Å². The van der Waals surface area contributed by atoms with E-state index >= 15 is 0 Å². The van der Waals surface area contributed by atoms with Crippen LogP contribution in [0.25, 0.3) is 11.3 Å². The standard InChI is InChI=1S/C20H19N5O4/c26-19-6-4-14(12-1-2-12)24-25(19)8-7-21-20(27)16-10-15(22-23-16)13-3-5-17-18(9-13)29-11-28-17/h3-6,9-10,12H,1-2,7-8,11H2,(H,21,27)(H,22,23). The maximum atomic E-state index is 12.4. The van der Waals surface area contributed by atoms with Crippen LogP contribution in [0.5, 0.6) is 11.5 Å². The normalized spacial score (nSPS) is 14.8. The number of H-pyrrole nitrogens is 1. The van der Waals surface area contributed by atoms with Gasteiger partial charge in [0.1, 0.15) is 5.69 Å². The van der Waals surface area contributed by atoms with Crippen molar-refractivity contribution in [2.24, 2.45) is 0 Å². The quantitative estimate of drug-likeness (QED) is 0.659. The summed E-state index contributed by atoms with van der Waals surface area (Å²) in [4.78, 5) is 24.4. The highest BCUT2D eigenvalue weighted by atomic mass is 16.7. The van der Waals surface area contributed by atoms with Crippen molar-refractivity contribution in [1.29, 1.82) is 0 Å². The van der Waals surface area contributed by atoms with E-state index in [0.29, 0.717) is 35.3 Å². The predicted molar refractivity (Wildman–Crippen MR) is 103 cm³/mol. The lowest BCUT2D eigenvalue weighted by Gasteiger charge is -2.07. The van der Waals surface area contributed by atoms with Gasteiger partial charge in [-0.15, -0.1) is 0 Å². The van der Waals surface area contributed by atoms with Crippen molar-refractivity contribution in [1.82, 2.24) is 25.3 Å². The largest absolute Gasteiger partial charge is 0.454 e. The van der Waals surface area contributed by atoms with Crippen LogP contribution < -0.4 is 20.3 Å². The van der Waals surface area contributed by atoms with Crippen LogP contribution in [-0.2, 0) is 6.54 Å². The number of nitrogens with zero attached hydrogens (tertiary/aromatic N) is 3. The van der Waals surface area contributed by atoms with E-state index in [4.69, 9.17) is 9.47 Å². The van der Waals surface area contributed by atoms with E-state index in [1.807, 2.05) is 18.2 Å². The van der Waals surface area contributed by atoms with Gasteiger partial charge in [0, 0.05) is 24.1 Å². The number of rotatable bonds is 6. The Bertz CT molecular complexity index is 1130. The molecule has 0 spiro atoms. The number of nitrogens with one attached hydrogen (secondary N) is 2. The second-order valence-electron chi connectivity index (χ2n) is 7.08. The average molecular weight is 393 g/mol. The molecule has 148 valence electrons. The molecule has 3 heterocycles. The molecule has 1 saturated carbocycles. The Labute approximate surface area is 165 Å². The molecule has 0 atom stereocenters. The summed E-state index contributed by atoms with van der Waals surface area (Å²) < 4.78 is 12.1.